The van der Waals surface area contributed by atoms with Crippen LogP contribution in [0.3, 0.4) is 0 Å². The molecule has 152 valence electrons. The predicted molar refractivity (Wildman–Crippen MR) is 116 cm³/mol. The number of Topliss-reactive ketones (excluding diaryl/α,β-unsaturated/α-hetero) is 2. The highest BCUT2D eigenvalue weighted by Gasteiger charge is 2.25. The lowest BCUT2D eigenvalue weighted by Gasteiger charge is -2.01. The van der Waals surface area contributed by atoms with Crippen molar-refractivity contribution in [2.24, 2.45) is 0 Å². The van der Waals surface area contributed by atoms with Crippen LogP contribution in [0.15, 0.2) is 49.1 Å². The first-order valence-corrected chi connectivity index (χ1v) is 10.5. The quantitative estimate of drug-likeness (QED) is 0.444. The van der Waals surface area contributed by atoms with Crippen molar-refractivity contribution in [1.82, 2.24) is 19.1 Å². The zero-order valence-electron chi connectivity index (χ0n) is 17.2. The van der Waals surface area contributed by atoms with E-state index >= 15 is 0 Å². The number of carbonyl (C=O) groups excluding carboxylic acids is 2. The number of imidazole rings is 2. The van der Waals surface area contributed by atoms with Gasteiger partial charge >= 0.3 is 0 Å². The van der Waals surface area contributed by atoms with Gasteiger partial charge < -0.3 is 9.13 Å². The molecule has 0 spiro atoms. The molecule has 2 fully saturated rings. The Morgan fingerprint density at radius 1 is 0.733 bits per heavy atom. The fourth-order valence-corrected chi connectivity index (χ4v) is 3.78. The first-order valence-electron chi connectivity index (χ1n) is 10.5. The first kappa shape index (κ1) is 18.7. The van der Waals surface area contributed by atoms with Crippen LogP contribution in [-0.4, -0.2) is 30.7 Å². The summed E-state index contributed by atoms with van der Waals surface area (Å²) in [6.45, 7) is 3.18. The molecule has 2 heterocycles. The smallest absolute Gasteiger partial charge is 0.159 e. The molecule has 0 aliphatic heterocycles. The van der Waals surface area contributed by atoms with Gasteiger partial charge in [-0.1, -0.05) is 0 Å². The summed E-state index contributed by atoms with van der Waals surface area (Å²) in [6, 6.07) is 12.7. The molecule has 2 saturated carbocycles. The van der Waals surface area contributed by atoms with Gasteiger partial charge in [0, 0.05) is 23.2 Å². The molecule has 30 heavy (non-hydrogen) atoms. The van der Waals surface area contributed by atoms with Crippen LogP contribution in [0.25, 0.3) is 22.1 Å². The second-order valence-electron chi connectivity index (χ2n) is 8.29. The van der Waals surface area contributed by atoms with Crippen LogP contribution < -0.4 is 0 Å². The highest BCUT2D eigenvalue weighted by molar-refractivity contribution is 5.98. The molecule has 0 bridgehead atoms. The molecule has 6 nitrogen and oxygen atoms in total. The van der Waals surface area contributed by atoms with Crippen molar-refractivity contribution in [1.29, 1.82) is 0 Å². The van der Waals surface area contributed by atoms with E-state index in [4.69, 9.17) is 0 Å². The van der Waals surface area contributed by atoms with E-state index in [1.165, 1.54) is 25.7 Å². The monoisotopic (exact) mass is 400 g/mol. The van der Waals surface area contributed by atoms with Gasteiger partial charge in [-0.3, -0.25) is 9.59 Å². The Morgan fingerprint density at radius 2 is 1.27 bits per heavy atom. The zero-order chi connectivity index (χ0) is 20.8. The summed E-state index contributed by atoms with van der Waals surface area (Å²) < 4.78 is 4.39. The molecule has 0 radical (unpaired) electrons. The van der Waals surface area contributed by atoms with Gasteiger partial charge in [-0.15, -0.1) is 0 Å². The third kappa shape index (κ3) is 3.54. The SMILES string of the molecule is CC(=O)c1ccc2c(c1)ncn2C1CC1.CC(=O)c1ccc2ncn(C3CC3)c2c1. The van der Waals surface area contributed by atoms with Gasteiger partial charge in [0.15, 0.2) is 11.6 Å². The number of rotatable bonds is 4. The molecule has 2 aromatic heterocycles. The second-order valence-corrected chi connectivity index (χ2v) is 8.29. The van der Waals surface area contributed by atoms with Crippen molar-refractivity contribution < 1.29 is 9.59 Å². The topological polar surface area (TPSA) is 69.8 Å². The van der Waals surface area contributed by atoms with Gasteiger partial charge in [0.05, 0.1) is 34.7 Å². The Labute approximate surface area is 174 Å². The fourth-order valence-electron chi connectivity index (χ4n) is 3.78. The van der Waals surface area contributed by atoms with E-state index in [9.17, 15) is 9.59 Å². The Balaban J connectivity index is 0.000000128. The number of hydrogen-bond acceptors (Lipinski definition) is 4. The van der Waals surface area contributed by atoms with Crippen LogP contribution in [-0.2, 0) is 0 Å². The Hall–Kier alpha value is -3.28. The van der Waals surface area contributed by atoms with Crippen molar-refractivity contribution >= 4 is 33.6 Å². The highest BCUT2D eigenvalue weighted by atomic mass is 16.1. The number of hydrogen-bond donors (Lipinski definition) is 0. The first-order chi connectivity index (χ1) is 14.5. The average molecular weight is 400 g/mol. The van der Waals surface area contributed by atoms with E-state index in [-0.39, 0.29) is 11.6 Å². The van der Waals surface area contributed by atoms with Gasteiger partial charge in [0.2, 0.25) is 0 Å². The van der Waals surface area contributed by atoms with Crippen LogP contribution in [0, 0.1) is 0 Å². The molecule has 2 aliphatic carbocycles. The number of carbonyl (C=O) groups is 2. The van der Waals surface area contributed by atoms with Crippen molar-refractivity contribution in [2.45, 2.75) is 51.6 Å². The number of fused-ring (bicyclic) bond motifs is 2. The van der Waals surface area contributed by atoms with E-state index in [1.54, 1.807) is 13.8 Å². The molecule has 0 N–H and O–H groups in total. The Kier molecular flexibility index (Phi) is 4.50. The third-order valence-electron chi connectivity index (χ3n) is 5.84. The lowest BCUT2D eigenvalue weighted by atomic mass is 10.1. The van der Waals surface area contributed by atoms with Gasteiger partial charge in [-0.05, 0) is 75.9 Å². The van der Waals surface area contributed by atoms with Crippen molar-refractivity contribution in [3.63, 3.8) is 0 Å². The van der Waals surface area contributed by atoms with Gasteiger partial charge in [-0.2, -0.15) is 0 Å². The molecule has 6 rings (SSSR count). The fraction of sp³-hybridized carbons (Fsp3) is 0.333. The summed E-state index contributed by atoms with van der Waals surface area (Å²) in [4.78, 5) is 31.2. The average Bonchev–Trinajstić information content (AvgIpc) is 3.68. The van der Waals surface area contributed by atoms with E-state index in [0.717, 1.165) is 33.2 Å². The summed E-state index contributed by atoms with van der Waals surface area (Å²) >= 11 is 0. The minimum Gasteiger partial charge on any atom is -0.327 e. The summed E-state index contributed by atoms with van der Waals surface area (Å²) in [7, 11) is 0. The van der Waals surface area contributed by atoms with E-state index in [1.807, 2.05) is 49.1 Å². The van der Waals surface area contributed by atoms with Crippen molar-refractivity contribution in [3.8, 4) is 0 Å². The lowest BCUT2D eigenvalue weighted by Crippen LogP contribution is -1.94. The summed E-state index contributed by atoms with van der Waals surface area (Å²) in [5, 5.41) is 0. The van der Waals surface area contributed by atoms with Crippen LogP contribution in [0.4, 0.5) is 0 Å². The normalized spacial score (nSPS) is 15.8. The van der Waals surface area contributed by atoms with Crippen LogP contribution >= 0.6 is 0 Å². The van der Waals surface area contributed by atoms with Crippen LogP contribution in [0.2, 0.25) is 0 Å². The molecule has 6 heteroatoms. The Bertz CT molecular complexity index is 1280. The number of benzene rings is 2. The van der Waals surface area contributed by atoms with E-state index < -0.39 is 0 Å². The minimum atomic E-state index is 0.0953. The molecule has 2 aliphatic rings. The Morgan fingerprint density at radius 3 is 1.87 bits per heavy atom. The second kappa shape index (κ2) is 7.20. The standard InChI is InChI=1S/2C12H12N2O/c1-8(15)9-2-5-12-11(6-9)13-7-14(12)10-3-4-10;1-8(15)9-2-5-11-12(6-9)14(7-13-11)10-3-4-10/h2*2,5-7,10H,3-4H2,1H3. The number of nitrogens with zero attached hydrogens (tertiary/aromatic N) is 4. The van der Waals surface area contributed by atoms with E-state index in [2.05, 4.69) is 19.1 Å². The summed E-state index contributed by atoms with van der Waals surface area (Å²) in [5.41, 5.74) is 5.64. The minimum absolute atomic E-state index is 0.0953. The highest BCUT2D eigenvalue weighted by Crippen LogP contribution is 2.38. The molecule has 0 saturated heterocycles. The maximum atomic E-state index is 11.3. The molecule has 0 atom stereocenters. The predicted octanol–water partition coefficient (Wildman–Crippen LogP) is 5.15. The lowest BCUT2D eigenvalue weighted by molar-refractivity contribution is 0.100. The third-order valence-corrected chi connectivity index (χ3v) is 5.84. The molecule has 4 aromatic rings. The van der Waals surface area contributed by atoms with Gasteiger partial charge in [-0.25, -0.2) is 9.97 Å². The summed E-state index contributed by atoms with van der Waals surface area (Å²) in [5.74, 6) is 0.207. The number of aromatic nitrogens is 4. The largest absolute Gasteiger partial charge is 0.327 e. The van der Waals surface area contributed by atoms with E-state index in [0.29, 0.717) is 12.1 Å². The molecule has 0 amide bonds. The molecule has 0 unspecified atom stereocenters. The molecular weight excluding hydrogens is 376 g/mol. The van der Waals surface area contributed by atoms with Gasteiger partial charge in [0.1, 0.15) is 0 Å². The zero-order valence-corrected chi connectivity index (χ0v) is 17.2. The molecule has 2 aromatic carbocycles. The maximum Gasteiger partial charge on any atom is 0.159 e. The van der Waals surface area contributed by atoms with Crippen molar-refractivity contribution in [3.05, 3.63) is 60.2 Å². The van der Waals surface area contributed by atoms with Crippen LogP contribution in [0.5, 0.6) is 0 Å². The van der Waals surface area contributed by atoms with Gasteiger partial charge in [0.25, 0.3) is 0 Å². The van der Waals surface area contributed by atoms with Crippen LogP contribution in [0.1, 0.15) is 72.3 Å². The number of ketones is 2. The summed E-state index contributed by atoms with van der Waals surface area (Å²) in [6.07, 6.45) is 8.73. The molecular formula is C24H24N4O2. The maximum absolute atomic E-state index is 11.3. The van der Waals surface area contributed by atoms with Crippen molar-refractivity contribution in [2.75, 3.05) is 0 Å².